The fourth-order valence-electron chi connectivity index (χ4n) is 2.52. The summed E-state index contributed by atoms with van der Waals surface area (Å²) in [5.74, 6) is -1.87. The molecule has 2 N–H and O–H groups in total. The molecule has 0 heterocycles. The van der Waals surface area contributed by atoms with Crippen molar-refractivity contribution in [3.8, 4) is 5.75 Å². The van der Waals surface area contributed by atoms with Crippen molar-refractivity contribution < 1.29 is 36.3 Å². The highest BCUT2D eigenvalue weighted by molar-refractivity contribution is 7.89. The molecule has 0 aliphatic heterocycles. The van der Waals surface area contributed by atoms with Gasteiger partial charge in [0, 0.05) is 5.54 Å². The van der Waals surface area contributed by atoms with Gasteiger partial charge in [0.1, 0.15) is 5.75 Å². The molecule has 8 nitrogen and oxygen atoms in total. The third-order valence-corrected chi connectivity index (χ3v) is 5.63. The number of hydrogen-bond donors (Lipinski definition) is 2. The van der Waals surface area contributed by atoms with E-state index in [1.807, 2.05) is 0 Å². The lowest BCUT2D eigenvalue weighted by atomic mass is 10.1. The number of nitrogens with one attached hydrogen (secondary N) is 2. The van der Waals surface area contributed by atoms with Crippen molar-refractivity contribution in [3.63, 3.8) is 0 Å². The van der Waals surface area contributed by atoms with Gasteiger partial charge < -0.3 is 14.8 Å². The molecule has 0 bridgehead atoms. The van der Waals surface area contributed by atoms with Gasteiger partial charge in [-0.15, -0.1) is 0 Å². The molecule has 1 unspecified atom stereocenters. The van der Waals surface area contributed by atoms with Crippen LogP contribution in [0.3, 0.4) is 0 Å². The normalized spacial score (nSPS) is 12.8. The second-order valence-corrected chi connectivity index (χ2v) is 9.47. The van der Waals surface area contributed by atoms with Crippen molar-refractivity contribution in [3.05, 3.63) is 54.1 Å². The maximum atomic E-state index is 12.5. The van der Waals surface area contributed by atoms with E-state index in [0.29, 0.717) is 0 Å². The van der Waals surface area contributed by atoms with Gasteiger partial charge in [-0.05, 0) is 64.1 Å². The maximum absolute atomic E-state index is 12.5. The topological polar surface area (TPSA) is 111 Å². The highest BCUT2D eigenvalue weighted by atomic mass is 32.2. The second kappa shape index (κ2) is 10.0. The van der Waals surface area contributed by atoms with Gasteiger partial charge in [0.2, 0.25) is 10.0 Å². The van der Waals surface area contributed by atoms with Crippen LogP contribution < -0.4 is 14.8 Å². The predicted molar refractivity (Wildman–Crippen MR) is 113 cm³/mol. The van der Waals surface area contributed by atoms with Crippen LogP contribution in [0.4, 0.5) is 14.5 Å². The van der Waals surface area contributed by atoms with Crippen molar-refractivity contribution in [2.45, 2.75) is 50.8 Å². The molecule has 2 aromatic carbocycles. The second-order valence-electron chi connectivity index (χ2n) is 7.79. The number of para-hydroxylation sites is 2. The summed E-state index contributed by atoms with van der Waals surface area (Å²) in [5.41, 5.74) is -0.666. The quantitative estimate of drug-likeness (QED) is 0.571. The Morgan fingerprint density at radius 3 is 2.16 bits per heavy atom. The lowest BCUT2D eigenvalue weighted by molar-refractivity contribution is -0.123. The van der Waals surface area contributed by atoms with Crippen molar-refractivity contribution in [1.82, 2.24) is 4.72 Å². The van der Waals surface area contributed by atoms with Crippen molar-refractivity contribution in [1.29, 1.82) is 0 Å². The van der Waals surface area contributed by atoms with Gasteiger partial charge in [-0.2, -0.15) is 8.78 Å². The molecule has 0 radical (unpaired) electrons. The van der Waals surface area contributed by atoms with E-state index in [1.165, 1.54) is 55.5 Å². The molecule has 0 aliphatic carbocycles. The van der Waals surface area contributed by atoms with Crippen LogP contribution in [0.2, 0.25) is 0 Å². The first-order valence-corrected chi connectivity index (χ1v) is 11.0. The molecule has 2 aromatic rings. The van der Waals surface area contributed by atoms with E-state index in [-0.39, 0.29) is 21.9 Å². The number of carbonyl (C=O) groups is 2. The number of esters is 1. The molecule has 2 rings (SSSR count). The number of rotatable bonds is 8. The molecule has 0 fully saturated rings. The first-order valence-electron chi connectivity index (χ1n) is 9.48. The minimum atomic E-state index is -3.78. The Hall–Kier alpha value is -3.05. The third kappa shape index (κ3) is 7.27. The molecule has 0 saturated carbocycles. The van der Waals surface area contributed by atoms with E-state index in [9.17, 15) is 26.8 Å². The average Bonchev–Trinajstić information content (AvgIpc) is 2.67. The lowest BCUT2D eigenvalue weighted by Crippen LogP contribution is -2.40. The summed E-state index contributed by atoms with van der Waals surface area (Å²) in [6, 6.07) is 10.6. The monoisotopic (exact) mass is 470 g/mol. The molecule has 0 saturated heterocycles. The van der Waals surface area contributed by atoms with Gasteiger partial charge in [-0.3, -0.25) is 4.79 Å². The molecule has 0 aliphatic rings. The number of anilines is 1. The molecule has 32 heavy (non-hydrogen) atoms. The number of sulfonamides is 1. The first kappa shape index (κ1) is 25.2. The summed E-state index contributed by atoms with van der Waals surface area (Å²) < 4.78 is 61.6. The maximum Gasteiger partial charge on any atom is 0.387 e. The SMILES string of the molecule is CC(OC(=O)c1ccc(S(=O)(=O)NC(C)(C)C)cc1)C(=O)Nc1ccccc1OC(F)F. The number of halogens is 2. The number of amides is 1. The average molecular weight is 470 g/mol. The number of carbonyl (C=O) groups excluding carboxylic acids is 2. The van der Waals surface area contributed by atoms with E-state index in [0.717, 1.165) is 0 Å². The third-order valence-electron chi connectivity index (χ3n) is 3.85. The summed E-state index contributed by atoms with van der Waals surface area (Å²) >= 11 is 0. The summed E-state index contributed by atoms with van der Waals surface area (Å²) in [4.78, 5) is 24.6. The zero-order valence-corrected chi connectivity index (χ0v) is 18.7. The van der Waals surface area contributed by atoms with E-state index < -0.39 is 40.2 Å². The van der Waals surface area contributed by atoms with Gasteiger partial charge in [0.25, 0.3) is 5.91 Å². The highest BCUT2D eigenvalue weighted by Crippen LogP contribution is 2.25. The van der Waals surface area contributed by atoms with E-state index >= 15 is 0 Å². The minimum absolute atomic E-state index is 0.0124. The number of hydrogen-bond acceptors (Lipinski definition) is 6. The Balaban J connectivity index is 2.04. The van der Waals surface area contributed by atoms with Gasteiger partial charge >= 0.3 is 12.6 Å². The number of ether oxygens (including phenoxy) is 2. The fraction of sp³-hybridized carbons (Fsp3) is 0.333. The van der Waals surface area contributed by atoms with E-state index in [4.69, 9.17) is 4.74 Å². The zero-order valence-electron chi connectivity index (χ0n) is 17.9. The van der Waals surface area contributed by atoms with Crippen LogP contribution >= 0.6 is 0 Å². The van der Waals surface area contributed by atoms with Crippen molar-refractivity contribution in [2.24, 2.45) is 0 Å². The van der Waals surface area contributed by atoms with Gasteiger partial charge in [-0.25, -0.2) is 17.9 Å². The molecule has 11 heteroatoms. The van der Waals surface area contributed by atoms with E-state index in [1.54, 1.807) is 20.8 Å². The summed E-state index contributed by atoms with van der Waals surface area (Å²) in [6.07, 6.45) is -1.27. The summed E-state index contributed by atoms with van der Waals surface area (Å²) in [6.45, 7) is 3.31. The number of alkyl halides is 2. The predicted octanol–water partition coefficient (Wildman–Crippen LogP) is 3.55. The molecular weight excluding hydrogens is 446 g/mol. The zero-order chi connectivity index (χ0) is 24.1. The fourth-order valence-corrected chi connectivity index (χ4v) is 3.94. The molecule has 174 valence electrons. The largest absolute Gasteiger partial charge is 0.449 e. The van der Waals surface area contributed by atoms with Crippen LogP contribution in [-0.4, -0.2) is 38.5 Å². The van der Waals surface area contributed by atoms with Gasteiger partial charge in [0.15, 0.2) is 6.10 Å². The Kier molecular flexibility index (Phi) is 7.92. The van der Waals surface area contributed by atoms with Crippen LogP contribution in [0.5, 0.6) is 5.75 Å². The highest BCUT2D eigenvalue weighted by Gasteiger charge is 2.24. The van der Waals surface area contributed by atoms with Crippen LogP contribution in [0.25, 0.3) is 0 Å². The minimum Gasteiger partial charge on any atom is -0.449 e. The lowest BCUT2D eigenvalue weighted by Gasteiger charge is -2.20. The first-order chi connectivity index (χ1) is 14.8. The number of benzene rings is 2. The van der Waals surface area contributed by atoms with E-state index in [2.05, 4.69) is 14.8 Å². The molecule has 0 spiro atoms. The standard InChI is InChI=1S/C21H24F2N2O6S/c1-13(18(26)24-16-7-5-6-8-17(16)31-20(22)23)30-19(27)14-9-11-15(12-10-14)32(28,29)25-21(2,3)4/h5-13,20,25H,1-4H3,(H,24,26). The summed E-state index contributed by atoms with van der Waals surface area (Å²) in [5, 5.41) is 2.36. The van der Waals surface area contributed by atoms with Crippen molar-refractivity contribution in [2.75, 3.05) is 5.32 Å². The van der Waals surface area contributed by atoms with Crippen LogP contribution in [0.1, 0.15) is 38.1 Å². The Labute approximate surface area is 185 Å². The Morgan fingerprint density at radius 1 is 1.00 bits per heavy atom. The van der Waals surface area contributed by atoms with Crippen LogP contribution in [-0.2, 0) is 19.6 Å². The smallest absolute Gasteiger partial charge is 0.387 e. The summed E-state index contributed by atoms with van der Waals surface area (Å²) in [7, 11) is -3.78. The Bertz CT molecular complexity index is 1070. The van der Waals surface area contributed by atoms with Crippen LogP contribution in [0.15, 0.2) is 53.4 Å². The molecule has 0 aromatic heterocycles. The van der Waals surface area contributed by atoms with Crippen molar-refractivity contribution >= 4 is 27.6 Å². The Morgan fingerprint density at radius 2 is 1.59 bits per heavy atom. The molecule has 1 amide bonds. The molecule has 1 atom stereocenters. The van der Waals surface area contributed by atoms with Gasteiger partial charge in [0.05, 0.1) is 16.1 Å². The van der Waals surface area contributed by atoms with Gasteiger partial charge in [-0.1, -0.05) is 12.1 Å². The van der Waals surface area contributed by atoms with Crippen LogP contribution in [0, 0.1) is 0 Å². The molecular formula is C21H24F2N2O6S.